The van der Waals surface area contributed by atoms with Crippen molar-refractivity contribution in [3.8, 4) is 0 Å². The Morgan fingerprint density at radius 1 is 1.67 bits per heavy atom. The Morgan fingerprint density at radius 3 is 2.67 bits per heavy atom. The standard InChI is InChI=1S/CHNO4/c3-1-4-2-6-5-1/h2H. The molecule has 0 aromatic heterocycles. The molecule has 5 heteroatoms. The highest BCUT2D eigenvalue weighted by Crippen LogP contribution is 1.87. The van der Waals surface area contributed by atoms with Crippen molar-refractivity contribution in [3.63, 3.8) is 0 Å². The number of carbonyl (C=O) groups excluding carboxylic acids is 1. The molecular weight excluding hydrogens is 90.0 g/mol. The van der Waals surface area contributed by atoms with Crippen LogP contribution in [0.4, 0.5) is 4.79 Å². The Kier molecular flexibility index (Phi) is 0.627. The minimum Gasteiger partial charge on any atom is -0.306 e. The smallest absolute Gasteiger partial charge is 0.306 e. The molecule has 0 aliphatic carbocycles. The van der Waals surface area contributed by atoms with Gasteiger partial charge in [0.15, 0.2) is 0 Å². The highest BCUT2D eigenvalue weighted by Gasteiger charge is 2.12. The SMILES string of the molecule is O=C1ONOO1. The number of carbonyl (C=O) groups is 1. The van der Waals surface area contributed by atoms with Crippen molar-refractivity contribution in [2.45, 2.75) is 0 Å². The third kappa shape index (κ3) is 0.399. The maximum Gasteiger partial charge on any atom is 0.563 e. The molecule has 1 heterocycles. The molecule has 5 nitrogen and oxygen atoms in total. The zero-order valence-electron chi connectivity index (χ0n) is 2.63. The Morgan fingerprint density at radius 2 is 2.50 bits per heavy atom. The monoisotopic (exact) mass is 91.0 g/mol. The van der Waals surface area contributed by atoms with Crippen LogP contribution in [0.15, 0.2) is 0 Å². The van der Waals surface area contributed by atoms with E-state index in [4.69, 9.17) is 0 Å². The molecule has 1 saturated heterocycles. The highest BCUT2D eigenvalue weighted by atomic mass is 17.4. The number of nitrogens with one attached hydrogen (secondary N) is 1. The summed E-state index contributed by atoms with van der Waals surface area (Å²) in [6.45, 7) is 0. The summed E-state index contributed by atoms with van der Waals surface area (Å²) < 4.78 is 0. The van der Waals surface area contributed by atoms with Crippen molar-refractivity contribution in [1.82, 2.24) is 5.64 Å². The molecule has 0 radical (unpaired) electrons. The van der Waals surface area contributed by atoms with E-state index in [0.717, 1.165) is 0 Å². The number of rotatable bonds is 0. The van der Waals surface area contributed by atoms with Crippen LogP contribution in [-0.2, 0) is 14.7 Å². The van der Waals surface area contributed by atoms with Crippen LogP contribution >= 0.6 is 0 Å². The van der Waals surface area contributed by atoms with Crippen LogP contribution in [0.5, 0.6) is 0 Å². The molecule has 1 fully saturated rings. The molecule has 0 atom stereocenters. The first-order chi connectivity index (χ1) is 2.89. The predicted molar refractivity (Wildman–Crippen MR) is 11.8 cm³/mol. The second kappa shape index (κ2) is 1.11. The van der Waals surface area contributed by atoms with Crippen molar-refractivity contribution >= 4 is 6.16 Å². The maximum absolute atomic E-state index is 9.61. The molecule has 6 heavy (non-hydrogen) atoms. The van der Waals surface area contributed by atoms with Crippen molar-refractivity contribution in [2.24, 2.45) is 0 Å². The normalized spacial score (nSPS) is 19.7. The lowest BCUT2D eigenvalue weighted by Crippen LogP contribution is -2.01. The van der Waals surface area contributed by atoms with Crippen LogP contribution in [0.2, 0.25) is 0 Å². The molecule has 0 spiro atoms. The van der Waals surface area contributed by atoms with Gasteiger partial charge in [0.05, 0.1) is 0 Å². The van der Waals surface area contributed by atoms with E-state index >= 15 is 0 Å². The zero-order valence-corrected chi connectivity index (χ0v) is 2.63. The summed E-state index contributed by atoms with van der Waals surface area (Å²) in [6.07, 6.45) is -0.880. The molecular formula is CHNO4. The lowest BCUT2D eigenvalue weighted by Gasteiger charge is -1.71. The minimum atomic E-state index is -0.880. The molecule has 1 N–H and O–H groups in total. The van der Waals surface area contributed by atoms with Crippen molar-refractivity contribution < 1.29 is 19.5 Å². The quantitative estimate of drug-likeness (QED) is 0.407. The van der Waals surface area contributed by atoms with Gasteiger partial charge in [0.1, 0.15) is 0 Å². The van der Waals surface area contributed by atoms with E-state index < -0.39 is 6.16 Å². The summed E-state index contributed by atoms with van der Waals surface area (Å²) in [7, 11) is 0. The van der Waals surface area contributed by atoms with E-state index in [0.29, 0.717) is 0 Å². The van der Waals surface area contributed by atoms with Crippen LogP contribution < -0.4 is 5.64 Å². The van der Waals surface area contributed by atoms with Crippen LogP contribution in [0.25, 0.3) is 0 Å². The van der Waals surface area contributed by atoms with Gasteiger partial charge in [-0.15, -0.1) is 0 Å². The van der Waals surface area contributed by atoms with Crippen LogP contribution in [-0.4, -0.2) is 6.16 Å². The van der Waals surface area contributed by atoms with E-state index in [-0.39, 0.29) is 0 Å². The van der Waals surface area contributed by atoms with E-state index in [2.05, 4.69) is 14.7 Å². The van der Waals surface area contributed by atoms with Gasteiger partial charge in [-0.1, -0.05) is 0 Å². The van der Waals surface area contributed by atoms with E-state index in [9.17, 15) is 4.79 Å². The molecule has 34 valence electrons. The fourth-order valence-electron chi connectivity index (χ4n) is 0.119. The predicted octanol–water partition coefficient (Wildman–Crippen LogP) is -0.496. The average molecular weight is 91.0 g/mol. The highest BCUT2D eigenvalue weighted by molar-refractivity contribution is 5.59. The molecule has 0 bridgehead atoms. The Labute approximate surface area is 32.6 Å². The van der Waals surface area contributed by atoms with Gasteiger partial charge in [-0.25, -0.2) is 4.89 Å². The van der Waals surface area contributed by atoms with Gasteiger partial charge in [-0.2, -0.15) is 4.79 Å². The summed E-state index contributed by atoms with van der Waals surface area (Å²) in [5.41, 5.74) is 1.70. The first-order valence-electron chi connectivity index (χ1n) is 1.19. The Bertz CT molecular complexity index is 61.9. The third-order valence-electron chi connectivity index (χ3n) is 0.269. The molecule has 0 unspecified atom stereocenters. The van der Waals surface area contributed by atoms with Gasteiger partial charge in [0.2, 0.25) is 0 Å². The molecule has 1 aliphatic heterocycles. The zero-order chi connectivity index (χ0) is 4.41. The van der Waals surface area contributed by atoms with Gasteiger partial charge < -0.3 is 4.84 Å². The molecule has 0 saturated carbocycles. The molecule has 0 aromatic carbocycles. The largest absolute Gasteiger partial charge is 0.563 e. The summed E-state index contributed by atoms with van der Waals surface area (Å²) in [6, 6.07) is 0. The second-order valence-corrected chi connectivity index (χ2v) is 0.602. The van der Waals surface area contributed by atoms with Crippen molar-refractivity contribution in [2.75, 3.05) is 0 Å². The third-order valence-corrected chi connectivity index (χ3v) is 0.269. The average Bonchev–Trinajstić information content (AvgIpc) is 1.86. The van der Waals surface area contributed by atoms with Gasteiger partial charge >= 0.3 is 6.16 Å². The van der Waals surface area contributed by atoms with Crippen molar-refractivity contribution in [3.05, 3.63) is 0 Å². The molecule has 1 aliphatic rings. The Hall–Kier alpha value is -0.810. The van der Waals surface area contributed by atoms with Gasteiger partial charge in [0, 0.05) is 5.64 Å². The maximum atomic E-state index is 9.61. The van der Waals surface area contributed by atoms with Crippen molar-refractivity contribution in [1.29, 1.82) is 0 Å². The summed E-state index contributed by atoms with van der Waals surface area (Å²) in [4.78, 5) is 20.8. The molecule has 1 rings (SSSR count). The Balaban J connectivity index is 2.37. The van der Waals surface area contributed by atoms with Gasteiger partial charge in [-0.05, 0) is 4.99 Å². The number of hydrogen-bond acceptors (Lipinski definition) is 5. The lowest BCUT2D eigenvalue weighted by molar-refractivity contribution is -0.271. The minimum absolute atomic E-state index is 0.880. The molecule has 0 amide bonds. The summed E-state index contributed by atoms with van der Waals surface area (Å²) >= 11 is 0. The van der Waals surface area contributed by atoms with Crippen LogP contribution in [0.3, 0.4) is 0 Å². The lowest BCUT2D eigenvalue weighted by atomic mass is 11.4. The summed E-state index contributed by atoms with van der Waals surface area (Å²) in [5.74, 6) is 0. The fraction of sp³-hybridized carbons (Fsp3) is 0. The van der Waals surface area contributed by atoms with Crippen LogP contribution in [0, 0.1) is 0 Å². The van der Waals surface area contributed by atoms with Crippen LogP contribution in [0.1, 0.15) is 0 Å². The first-order valence-corrected chi connectivity index (χ1v) is 1.19. The van der Waals surface area contributed by atoms with Gasteiger partial charge in [0.25, 0.3) is 0 Å². The summed E-state index contributed by atoms with van der Waals surface area (Å²) in [5, 5.41) is 0. The van der Waals surface area contributed by atoms with E-state index in [1.807, 2.05) is 0 Å². The van der Waals surface area contributed by atoms with Gasteiger partial charge in [-0.3, -0.25) is 0 Å². The topological polar surface area (TPSA) is 56.8 Å². The molecule has 0 aromatic rings. The fourth-order valence-corrected chi connectivity index (χ4v) is 0.119. The second-order valence-electron chi connectivity index (χ2n) is 0.602. The van der Waals surface area contributed by atoms with E-state index in [1.54, 1.807) is 5.64 Å². The first kappa shape index (κ1) is 3.38. The number of hydrogen-bond donors (Lipinski definition) is 1. The van der Waals surface area contributed by atoms with E-state index in [1.165, 1.54) is 0 Å².